The quantitative estimate of drug-likeness (QED) is 0.794. The first-order valence-electron chi connectivity index (χ1n) is 11.0. The number of hydrogen-bond donors (Lipinski definition) is 1. The van der Waals surface area contributed by atoms with Crippen LogP contribution in [-0.4, -0.2) is 65.6 Å². The Hall–Kier alpha value is -2.08. The van der Waals surface area contributed by atoms with E-state index in [9.17, 15) is 9.59 Å². The molecule has 0 bridgehead atoms. The second-order valence-corrected chi connectivity index (χ2v) is 8.77. The van der Waals surface area contributed by atoms with Gasteiger partial charge in [-0.05, 0) is 87.7 Å². The van der Waals surface area contributed by atoms with E-state index in [2.05, 4.69) is 9.80 Å². The molecule has 6 heteroatoms. The minimum Gasteiger partial charge on any atom is -0.497 e. The lowest BCUT2D eigenvalue weighted by Crippen LogP contribution is -2.65. The van der Waals surface area contributed by atoms with E-state index in [1.165, 1.54) is 32.4 Å². The molecule has 29 heavy (non-hydrogen) atoms. The van der Waals surface area contributed by atoms with Crippen LogP contribution >= 0.6 is 0 Å². The average molecular weight is 401 g/mol. The van der Waals surface area contributed by atoms with Crippen LogP contribution in [0.4, 0.5) is 0 Å². The van der Waals surface area contributed by atoms with Gasteiger partial charge < -0.3 is 14.7 Å². The maximum atomic E-state index is 13.5. The SMILES string of the molecule is COc1ccc(C(=O)N2C[C@@H]3CCCN4CCC[C@@H]([C@H]34)[C@@H]2CCCC(=O)O)cc1. The van der Waals surface area contributed by atoms with Crippen LogP contribution < -0.4 is 4.74 Å². The van der Waals surface area contributed by atoms with Crippen molar-refractivity contribution in [3.05, 3.63) is 29.8 Å². The number of benzene rings is 1. The Labute approximate surface area is 172 Å². The van der Waals surface area contributed by atoms with E-state index in [0.29, 0.717) is 29.9 Å². The standard InChI is InChI=1S/C23H32N2O4/c1-29-18-11-9-16(10-12-18)23(28)25-15-17-5-3-13-24-14-4-6-19(22(17)24)20(25)7-2-8-21(26)27/h9-12,17,19-20,22H,2-8,13-15H2,1H3,(H,26,27)/t17-,19+,20-,22-/m0/s1. The smallest absolute Gasteiger partial charge is 0.303 e. The average Bonchev–Trinajstić information content (AvgIpc) is 2.74. The number of nitrogens with zero attached hydrogens (tertiary/aromatic N) is 2. The highest BCUT2D eigenvalue weighted by molar-refractivity contribution is 5.94. The zero-order valence-electron chi connectivity index (χ0n) is 17.3. The van der Waals surface area contributed by atoms with Crippen molar-refractivity contribution in [2.75, 3.05) is 26.7 Å². The van der Waals surface area contributed by atoms with Crippen molar-refractivity contribution in [2.45, 2.75) is 57.0 Å². The van der Waals surface area contributed by atoms with Gasteiger partial charge in [0.05, 0.1) is 7.11 Å². The van der Waals surface area contributed by atoms with Gasteiger partial charge >= 0.3 is 5.97 Å². The second kappa shape index (κ2) is 8.74. The summed E-state index contributed by atoms with van der Waals surface area (Å²) < 4.78 is 5.23. The Morgan fingerprint density at radius 2 is 1.86 bits per heavy atom. The highest BCUT2D eigenvalue weighted by Crippen LogP contribution is 2.43. The Balaban J connectivity index is 1.59. The molecule has 3 aliphatic rings. The van der Waals surface area contributed by atoms with E-state index in [-0.39, 0.29) is 18.4 Å². The van der Waals surface area contributed by atoms with Gasteiger partial charge in [0.1, 0.15) is 5.75 Å². The summed E-state index contributed by atoms with van der Waals surface area (Å²) in [5.74, 6) is 1.06. The summed E-state index contributed by atoms with van der Waals surface area (Å²) >= 11 is 0. The van der Waals surface area contributed by atoms with Gasteiger partial charge in [0.25, 0.3) is 5.91 Å². The van der Waals surface area contributed by atoms with Crippen molar-refractivity contribution in [3.8, 4) is 5.75 Å². The molecule has 1 aromatic rings. The van der Waals surface area contributed by atoms with Crippen LogP contribution in [-0.2, 0) is 4.79 Å². The molecular formula is C23H32N2O4. The van der Waals surface area contributed by atoms with Crippen molar-refractivity contribution in [1.82, 2.24) is 9.80 Å². The molecule has 0 radical (unpaired) electrons. The third-order valence-electron chi connectivity index (χ3n) is 7.16. The number of carbonyl (C=O) groups is 2. The lowest BCUT2D eigenvalue weighted by molar-refractivity contribution is -0.137. The third kappa shape index (κ3) is 4.13. The summed E-state index contributed by atoms with van der Waals surface area (Å²) in [5, 5.41) is 9.11. The summed E-state index contributed by atoms with van der Waals surface area (Å²) in [4.78, 5) is 29.3. The molecule has 4 rings (SSSR count). The molecule has 158 valence electrons. The van der Waals surface area contributed by atoms with Crippen LogP contribution in [0.2, 0.25) is 0 Å². The van der Waals surface area contributed by atoms with Crippen molar-refractivity contribution < 1.29 is 19.4 Å². The third-order valence-corrected chi connectivity index (χ3v) is 7.16. The molecule has 0 unspecified atom stereocenters. The topological polar surface area (TPSA) is 70.1 Å². The van der Waals surface area contributed by atoms with Crippen molar-refractivity contribution >= 4 is 11.9 Å². The molecule has 6 nitrogen and oxygen atoms in total. The number of piperidine rings is 3. The van der Waals surface area contributed by atoms with Crippen molar-refractivity contribution in [2.24, 2.45) is 11.8 Å². The van der Waals surface area contributed by atoms with Crippen LogP contribution in [0.15, 0.2) is 24.3 Å². The number of carboxylic acid groups (broad SMARTS) is 1. The van der Waals surface area contributed by atoms with Gasteiger partial charge in [-0.2, -0.15) is 0 Å². The van der Waals surface area contributed by atoms with Crippen LogP contribution in [0.3, 0.4) is 0 Å². The maximum Gasteiger partial charge on any atom is 0.303 e. The van der Waals surface area contributed by atoms with Crippen LogP contribution in [0, 0.1) is 11.8 Å². The molecule has 0 spiro atoms. The van der Waals surface area contributed by atoms with E-state index in [1.54, 1.807) is 7.11 Å². The van der Waals surface area contributed by atoms with Gasteiger partial charge in [0, 0.05) is 30.6 Å². The van der Waals surface area contributed by atoms with Crippen LogP contribution in [0.1, 0.15) is 55.3 Å². The number of amides is 1. The maximum absolute atomic E-state index is 13.5. The highest BCUT2D eigenvalue weighted by atomic mass is 16.5. The van der Waals surface area contributed by atoms with E-state index in [4.69, 9.17) is 9.84 Å². The lowest BCUT2D eigenvalue weighted by Gasteiger charge is -2.57. The second-order valence-electron chi connectivity index (χ2n) is 8.77. The van der Waals surface area contributed by atoms with Crippen molar-refractivity contribution in [3.63, 3.8) is 0 Å². The number of carbonyl (C=O) groups excluding carboxylic acids is 1. The molecule has 3 saturated heterocycles. The zero-order chi connectivity index (χ0) is 20.4. The number of methoxy groups -OCH3 is 1. The minimum atomic E-state index is -0.755. The van der Waals surface area contributed by atoms with E-state index in [1.807, 2.05) is 24.3 Å². The number of ether oxygens (including phenoxy) is 1. The molecule has 1 aromatic carbocycles. The summed E-state index contributed by atoms with van der Waals surface area (Å²) in [7, 11) is 1.62. The number of rotatable bonds is 6. The van der Waals surface area contributed by atoms with Crippen molar-refractivity contribution in [1.29, 1.82) is 0 Å². The van der Waals surface area contributed by atoms with Crippen LogP contribution in [0.5, 0.6) is 5.75 Å². The summed E-state index contributed by atoms with van der Waals surface area (Å²) in [5.41, 5.74) is 0.691. The number of aliphatic carboxylic acids is 1. The molecule has 0 aliphatic carbocycles. The Morgan fingerprint density at radius 3 is 2.55 bits per heavy atom. The first-order chi connectivity index (χ1) is 14.1. The van der Waals surface area contributed by atoms with Gasteiger partial charge in [-0.1, -0.05) is 0 Å². The fourth-order valence-corrected chi connectivity index (χ4v) is 5.96. The Kier molecular flexibility index (Phi) is 6.09. The summed E-state index contributed by atoms with van der Waals surface area (Å²) in [6.45, 7) is 3.14. The predicted molar refractivity (Wildman–Crippen MR) is 110 cm³/mol. The summed E-state index contributed by atoms with van der Waals surface area (Å²) in [6.07, 6.45) is 6.28. The normalized spacial score (nSPS) is 29.2. The molecule has 0 saturated carbocycles. The molecule has 1 amide bonds. The molecule has 0 aromatic heterocycles. The fourth-order valence-electron chi connectivity index (χ4n) is 5.96. The number of hydrogen-bond acceptors (Lipinski definition) is 4. The lowest BCUT2D eigenvalue weighted by atomic mass is 9.69. The minimum absolute atomic E-state index is 0.0779. The first kappa shape index (κ1) is 20.2. The first-order valence-corrected chi connectivity index (χ1v) is 11.0. The largest absolute Gasteiger partial charge is 0.497 e. The highest BCUT2D eigenvalue weighted by Gasteiger charge is 2.49. The Bertz CT molecular complexity index is 733. The van der Waals surface area contributed by atoms with Gasteiger partial charge in [-0.25, -0.2) is 0 Å². The molecule has 3 heterocycles. The predicted octanol–water partition coefficient (Wildman–Crippen LogP) is 3.27. The fraction of sp³-hybridized carbons (Fsp3) is 0.652. The van der Waals surface area contributed by atoms with Gasteiger partial charge in [-0.3, -0.25) is 14.5 Å². The van der Waals surface area contributed by atoms with E-state index >= 15 is 0 Å². The van der Waals surface area contributed by atoms with E-state index < -0.39 is 5.97 Å². The van der Waals surface area contributed by atoms with Crippen LogP contribution in [0.25, 0.3) is 0 Å². The molecule has 3 fully saturated rings. The molecular weight excluding hydrogens is 368 g/mol. The monoisotopic (exact) mass is 400 g/mol. The van der Waals surface area contributed by atoms with Gasteiger partial charge in [0.15, 0.2) is 0 Å². The van der Waals surface area contributed by atoms with Gasteiger partial charge in [0.2, 0.25) is 0 Å². The molecule has 1 N–H and O–H groups in total. The van der Waals surface area contributed by atoms with E-state index in [0.717, 1.165) is 25.1 Å². The molecule has 4 atom stereocenters. The van der Waals surface area contributed by atoms with Gasteiger partial charge in [-0.15, -0.1) is 0 Å². The Morgan fingerprint density at radius 1 is 1.14 bits per heavy atom. The number of likely N-dealkylation sites (tertiary alicyclic amines) is 1. The zero-order valence-corrected chi connectivity index (χ0v) is 17.3. The summed E-state index contributed by atoms with van der Waals surface area (Å²) in [6, 6.07) is 8.05. The number of carboxylic acids is 1. The molecule has 3 aliphatic heterocycles.